The maximum Gasteiger partial charge on any atom is 0.250 e. The number of para-hydroxylation sites is 1. The number of halogens is 1. The molecule has 0 fully saturated rings. The highest BCUT2D eigenvalue weighted by molar-refractivity contribution is 6.34. The van der Waals surface area contributed by atoms with E-state index in [2.05, 4.69) is 5.32 Å². The molecule has 0 aliphatic carbocycles. The number of methoxy groups -OCH3 is 1. The van der Waals surface area contributed by atoms with Crippen molar-refractivity contribution < 1.29 is 14.3 Å². The lowest BCUT2D eigenvalue weighted by atomic mass is 10.1. The van der Waals surface area contributed by atoms with Crippen LogP contribution < -0.4 is 15.8 Å². The normalized spacial score (nSPS) is 10.9. The molecule has 1 aromatic heterocycles. The van der Waals surface area contributed by atoms with Crippen LogP contribution in [-0.2, 0) is 4.79 Å². The van der Waals surface area contributed by atoms with Gasteiger partial charge in [0.1, 0.15) is 5.75 Å². The van der Waals surface area contributed by atoms with Crippen LogP contribution in [0.25, 0.3) is 23.0 Å². The van der Waals surface area contributed by atoms with Crippen molar-refractivity contribution in [2.45, 2.75) is 0 Å². The second kappa shape index (κ2) is 10.1. The molecule has 2 amide bonds. The molecule has 0 atom stereocenters. The minimum Gasteiger partial charge on any atom is -0.497 e. The number of nitrogens with zero attached hydrogens (tertiary/aromatic N) is 2. The highest BCUT2D eigenvalue weighted by Gasteiger charge is 2.12. The number of ether oxygens (including phenoxy) is 1. The molecule has 7 nitrogen and oxygen atoms in total. The number of hydrogen-bond acceptors (Lipinski definition) is 4. The highest BCUT2D eigenvalue weighted by atomic mass is 35.5. The largest absolute Gasteiger partial charge is 0.497 e. The van der Waals surface area contributed by atoms with Crippen LogP contribution in [-0.4, -0.2) is 28.7 Å². The van der Waals surface area contributed by atoms with Crippen molar-refractivity contribution >= 4 is 35.2 Å². The molecule has 0 aliphatic heterocycles. The second-order valence-corrected chi connectivity index (χ2v) is 7.73. The van der Waals surface area contributed by atoms with E-state index < -0.39 is 5.91 Å². The molecular formula is C26H21ClN4O3. The first-order valence-electron chi connectivity index (χ1n) is 10.3. The molecule has 0 unspecified atom stereocenters. The van der Waals surface area contributed by atoms with Gasteiger partial charge in [0.2, 0.25) is 11.8 Å². The Labute approximate surface area is 201 Å². The van der Waals surface area contributed by atoms with Crippen LogP contribution in [0, 0.1) is 0 Å². The summed E-state index contributed by atoms with van der Waals surface area (Å²) in [5.41, 5.74) is 9.14. The van der Waals surface area contributed by atoms with E-state index in [-0.39, 0.29) is 16.5 Å². The molecule has 0 radical (unpaired) electrons. The zero-order chi connectivity index (χ0) is 24.1. The van der Waals surface area contributed by atoms with Gasteiger partial charge in [0.05, 0.1) is 29.1 Å². The van der Waals surface area contributed by atoms with E-state index in [9.17, 15) is 9.59 Å². The Kier molecular flexibility index (Phi) is 6.75. The van der Waals surface area contributed by atoms with Crippen LogP contribution in [0.15, 0.2) is 85.1 Å². The Morgan fingerprint density at radius 3 is 2.44 bits per heavy atom. The number of nitrogens with one attached hydrogen (secondary N) is 1. The molecule has 0 saturated carbocycles. The number of aromatic nitrogens is 2. The molecule has 0 aliphatic rings. The van der Waals surface area contributed by atoms with Crippen LogP contribution >= 0.6 is 11.6 Å². The van der Waals surface area contributed by atoms with E-state index in [0.717, 1.165) is 22.6 Å². The lowest BCUT2D eigenvalue weighted by molar-refractivity contribution is -0.111. The van der Waals surface area contributed by atoms with Gasteiger partial charge in [-0.2, -0.15) is 5.10 Å². The number of carbonyl (C=O) groups excluding carboxylic acids is 2. The fourth-order valence-electron chi connectivity index (χ4n) is 3.34. The molecule has 0 spiro atoms. The van der Waals surface area contributed by atoms with Gasteiger partial charge in [-0.3, -0.25) is 9.59 Å². The lowest BCUT2D eigenvalue weighted by Gasteiger charge is -2.05. The summed E-state index contributed by atoms with van der Waals surface area (Å²) in [5, 5.41) is 7.63. The van der Waals surface area contributed by atoms with Crippen molar-refractivity contribution in [1.29, 1.82) is 0 Å². The van der Waals surface area contributed by atoms with Crippen molar-refractivity contribution in [1.82, 2.24) is 9.78 Å². The maximum atomic E-state index is 12.5. The van der Waals surface area contributed by atoms with Gasteiger partial charge in [0, 0.05) is 29.1 Å². The summed E-state index contributed by atoms with van der Waals surface area (Å²) in [4.78, 5) is 23.9. The minimum atomic E-state index is -0.635. The topological polar surface area (TPSA) is 99.2 Å². The van der Waals surface area contributed by atoms with E-state index in [4.69, 9.17) is 27.2 Å². The zero-order valence-electron chi connectivity index (χ0n) is 18.2. The van der Waals surface area contributed by atoms with Crippen LogP contribution in [0.5, 0.6) is 5.75 Å². The summed E-state index contributed by atoms with van der Waals surface area (Å²) in [6, 6.07) is 21.7. The molecule has 0 bridgehead atoms. The average Bonchev–Trinajstić information content (AvgIpc) is 3.27. The predicted octanol–water partition coefficient (Wildman–Crippen LogP) is 4.95. The van der Waals surface area contributed by atoms with Crippen molar-refractivity contribution in [3.05, 3.63) is 101 Å². The molecule has 3 N–H and O–H groups in total. The quantitative estimate of drug-likeness (QED) is 0.371. The zero-order valence-corrected chi connectivity index (χ0v) is 19.0. The van der Waals surface area contributed by atoms with Gasteiger partial charge in [0.25, 0.3) is 0 Å². The van der Waals surface area contributed by atoms with Gasteiger partial charge in [-0.15, -0.1) is 0 Å². The number of anilines is 1. The SMILES string of the molecule is COc1ccc(-c2nn(-c3ccccc3)cc2/C=C/C(=O)Nc2ccc(C(N)=O)c(Cl)c2)cc1. The number of nitrogens with two attached hydrogens (primary N) is 1. The van der Waals surface area contributed by atoms with Gasteiger partial charge in [-0.25, -0.2) is 4.68 Å². The molecule has 8 heteroatoms. The first-order chi connectivity index (χ1) is 16.4. The first-order valence-corrected chi connectivity index (χ1v) is 10.7. The van der Waals surface area contributed by atoms with Gasteiger partial charge in [0.15, 0.2) is 0 Å². The number of benzene rings is 3. The van der Waals surface area contributed by atoms with Crippen molar-refractivity contribution in [2.75, 3.05) is 12.4 Å². The molecule has 34 heavy (non-hydrogen) atoms. The Bertz CT molecular complexity index is 1360. The fraction of sp³-hybridized carbons (Fsp3) is 0.0385. The number of rotatable bonds is 7. The lowest BCUT2D eigenvalue weighted by Crippen LogP contribution is -2.12. The Morgan fingerprint density at radius 2 is 1.79 bits per heavy atom. The summed E-state index contributed by atoms with van der Waals surface area (Å²) in [5.74, 6) is -0.260. The van der Waals surface area contributed by atoms with E-state index in [0.29, 0.717) is 11.4 Å². The molecule has 0 saturated heterocycles. The standard InChI is InChI=1S/C26H21ClN4O3/c1-34-21-11-7-17(8-12-21)25-18(16-31(30-25)20-5-3-2-4-6-20)9-14-24(32)29-19-10-13-22(26(28)33)23(27)15-19/h2-16H,1H3,(H2,28,33)(H,29,32)/b14-9+. The smallest absolute Gasteiger partial charge is 0.250 e. The summed E-state index contributed by atoms with van der Waals surface area (Å²) in [7, 11) is 1.61. The third kappa shape index (κ3) is 5.16. The number of amides is 2. The molecule has 170 valence electrons. The van der Waals surface area contributed by atoms with Gasteiger partial charge in [-0.1, -0.05) is 29.8 Å². The molecule has 1 heterocycles. The molecule has 4 rings (SSSR count). The summed E-state index contributed by atoms with van der Waals surface area (Å²) in [6.45, 7) is 0. The van der Waals surface area contributed by atoms with E-state index in [1.807, 2.05) is 60.8 Å². The average molecular weight is 473 g/mol. The van der Waals surface area contributed by atoms with Crippen molar-refractivity contribution in [3.8, 4) is 22.7 Å². The summed E-state index contributed by atoms with van der Waals surface area (Å²) < 4.78 is 7.01. The number of hydrogen-bond donors (Lipinski definition) is 2. The first kappa shape index (κ1) is 22.8. The second-order valence-electron chi connectivity index (χ2n) is 7.32. The monoisotopic (exact) mass is 472 g/mol. The molecule has 3 aromatic carbocycles. The Morgan fingerprint density at radius 1 is 1.06 bits per heavy atom. The Hall–Kier alpha value is -4.36. The van der Waals surface area contributed by atoms with Crippen LogP contribution in [0.1, 0.15) is 15.9 Å². The highest BCUT2D eigenvalue weighted by Crippen LogP contribution is 2.27. The van der Waals surface area contributed by atoms with Crippen LogP contribution in [0.2, 0.25) is 5.02 Å². The Balaban J connectivity index is 1.61. The van der Waals surface area contributed by atoms with Crippen LogP contribution in [0.3, 0.4) is 0 Å². The van der Waals surface area contributed by atoms with Gasteiger partial charge < -0.3 is 15.8 Å². The van der Waals surface area contributed by atoms with E-state index >= 15 is 0 Å². The van der Waals surface area contributed by atoms with Crippen molar-refractivity contribution in [3.63, 3.8) is 0 Å². The summed E-state index contributed by atoms with van der Waals surface area (Å²) in [6.07, 6.45) is 4.97. The molecular weight excluding hydrogens is 452 g/mol. The maximum absolute atomic E-state index is 12.5. The third-order valence-corrected chi connectivity index (χ3v) is 5.36. The fourth-order valence-corrected chi connectivity index (χ4v) is 3.61. The van der Waals surface area contributed by atoms with Crippen LogP contribution in [0.4, 0.5) is 5.69 Å². The van der Waals surface area contributed by atoms with E-state index in [1.54, 1.807) is 23.9 Å². The van der Waals surface area contributed by atoms with Gasteiger partial charge in [-0.05, 0) is 60.7 Å². The summed E-state index contributed by atoms with van der Waals surface area (Å²) >= 11 is 6.06. The van der Waals surface area contributed by atoms with Crippen molar-refractivity contribution in [2.24, 2.45) is 5.73 Å². The number of primary amides is 1. The van der Waals surface area contributed by atoms with Gasteiger partial charge >= 0.3 is 0 Å². The minimum absolute atomic E-state index is 0.167. The molecule has 4 aromatic rings. The van der Waals surface area contributed by atoms with E-state index in [1.165, 1.54) is 18.2 Å². The number of carbonyl (C=O) groups is 2. The third-order valence-electron chi connectivity index (χ3n) is 5.04. The predicted molar refractivity (Wildman–Crippen MR) is 133 cm³/mol.